The van der Waals surface area contributed by atoms with Crippen LogP contribution >= 0.6 is 0 Å². The summed E-state index contributed by atoms with van der Waals surface area (Å²) in [5.74, 6) is 0.368. The van der Waals surface area contributed by atoms with Gasteiger partial charge in [-0.25, -0.2) is 13.5 Å². The Morgan fingerprint density at radius 1 is 1.06 bits per heavy atom. The molecule has 10 nitrogen and oxygen atoms in total. The molecule has 51 heavy (non-hydrogen) atoms. The van der Waals surface area contributed by atoms with Crippen molar-refractivity contribution in [1.29, 1.82) is 0 Å². The number of aryl methyl sites for hydroxylation is 2. The van der Waals surface area contributed by atoms with Crippen molar-refractivity contribution in [2.45, 2.75) is 89.9 Å². The highest BCUT2D eigenvalue weighted by Crippen LogP contribution is 2.42. The van der Waals surface area contributed by atoms with Gasteiger partial charge in [0.1, 0.15) is 30.2 Å². The third kappa shape index (κ3) is 6.40. The Bertz CT molecular complexity index is 1950. The fourth-order valence-electron chi connectivity index (χ4n) is 9.08. The van der Waals surface area contributed by atoms with Crippen LogP contribution in [0.25, 0.3) is 10.8 Å². The minimum Gasteiger partial charge on any atom is -0.508 e. The first-order valence-electron chi connectivity index (χ1n) is 18.6. The number of benzene rings is 2. The number of nitrogens with zero attached hydrogens (tertiary/aromatic N) is 7. The number of carbonyl (C=O) groups excluding carboxylic acids is 1. The van der Waals surface area contributed by atoms with Gasteiger partial charge in [0.25, 0.3) is 5.91 Å². The van der Waals surface area contributed by atoms with Crippen LogP contribution in [0.5, 0.6) is 11.8 Å². The van der Waals surface area contributed by atoms with Gasteiger partial charge in [0, 0.05) is 61.5 Å². The number of hydrogen-bond donors (Lipinski definition) is 1. The molecule has 0 aliphatic carbocycles. The SMILES string of the molecule is CCc1c(F)ccc2cc(O)cc(N3CCc4c(nc(OC[C@@]56CCCN5C[C@H](F)C6)nc4N4CCCCCC(C(=O)n5ccc(C)n5)C4)C3)c12. The lowest BCUT2D eigenvalue weighted by atomic mass is 9.95. The third-order valence-corrected chi connectivity index (χ3v) is 11.6. The molecule has 1 unspecified atom stereocenters. The van der Waals surface area contributed by atoms with Crippen molar-refractivity contribution in [2.24, 2.45) is 5.92 Å². The Kier molecular flexibility index (Phi) is 9.06. The largest absolute Gasteiger partial charge is 0.508 e. The van der Waals surface area contributed by atoms with E-state index in [4.69, 9.17) is 14.7 Å². The van der Waals surface area contributed by atoms with E-state index in [1.807, 2.05) is 19.9 Å². The topological polar surface area (TPSA) is 99.9 Å². The molecule has 3 fully saturated rings. The van der Waals surface area contributed by atoms with Gasteiger partial charge in [-0.3, -0.25) is 9.69 Å². The Balaban J connectivity index is 1.17. The number of aromatic nitrogens is 4. The molecule has 0 saturated carbocycles. The molecule has 3 atom stereocenters. The Labute approximate surface area is 297 Å². The first kappa shape index (κ1) is 33.8. The van der Waals surface area contributed by atoms with Crippen molar-refractivity contribution in [3.05, 3.63) is 64.9 Å². The molecule has 12 heteroatoms. The minimum absolute atomic E-state index is 0.0160. The lowest BCUT2D eigenvalue weighted by Gasteiger charge is -2.36. The van der Waals surface area contributed by atoms with E-state index < -0.39 is 6.17 Å². The zero-order valence-electron chi connectivity index (χ0n) is 29.6. The summed E-state index contributed by atoms with van der Waals surface area (Å²) in [4.78, 5) is 30.4. The third-order valence-electron chi connectivity index (χ3n) is 11.6. The van der Waals surface area contributed by atoms with E-state index in [1.54, 1.807) is 24.4 Å². The monoisotopic (exact) mass is 699 g/mol. The van der Waals surface area contributed by atoms with Gasteiger partial charge < -0.3 is 19.6 Å². The standard InChI is InChI=1S/C39H47F2N7O3/c1-3-30-32(41)10-9-26-18-29(49)19-34(35(26)30)45-16-12-31-33(23-45)42-38(51-24-39-13-7-15-47(39)22-28(40)20-39)43-36(31)46-14-6-4-5-8-27(21-46)37(50)48-17-11-25(2)44-48/h9-11,17-19,27-28,49H,3-8,12-16,20-24H2,1-2H3/t27?,28-,39+/m1/s1. The molecule has 6 heterocycles. The average Bonchev–Trinajstić information content (AvgIpc) is 3.80. The van der Waals surface area contributed by atoms with Crippen molar-refractivity contribution in [1.82, 2.24) is 24.6 Å². The quantitative estimate of drug-likeness (QED) is 0.235. The number of anilines is 2. The molecule has 4 aliphatic heterocycles. The number of aromatic hydroxyl groups is 1. The number of ether oxygens (including phenoxy) is 1. The fourth-order valence-corrected chi connectivity index (χ4v) is 9.08. The van der Waals surface area contributed by atoms with E-state index in [9.17, 15) is 14.3 Å². The molecule has 3 saturated heterocycles. The van der Waals surface area contributed by atoms with Crippen LogP contribution in [0.1, 0.15) is 79.2 Å². The summed E-state index contributed by atoms with van der Waals surface area (Å²) in [6.45, 7) is 7.71. The molecule has 2 aromatic carbocycles. The first-order valence-corrected chi connectivity index (χ1v) is 18.6. The molecule has 0 bridgehead atoms. The highest BCUT2D eigenvalue weighted by Gasteiger charge is 2.49. The Hall–Kier alpha value is -4.32. The average molecular weight is 700 g/mol. The maximum atomic E-state index is 15.1. The second-order valence-electron chi connectivity index (χ2n) is 15.0. The van der Waals surface area contributed by atoms with Crippen molar-refractivity contribution in [3.8, 4) is 11.8 Å². The van der Waals surface area contributed by atoms with Crippen molar-refractivity contribution >= 4 is 28.2 Å². The number of rotatable bonds is 7. The molecule has 0 radical (unpaired) electrons. The van der Waals surface area contributed by atoms with Crippen LogP contribution in [0.4, 0.5) is 20.3 Å². The van der Waals surface area contributed by atoms with E-state index in [0.29, 0.717) is 57.6 Å². The predicted molar refractivity (Wildman–Crippen MR) is 192 cm³/mol. The summed E-state index contributed by atoms with van der Waals surface area (Å²) in [6, 6.07) is 8.69. The first-order chi connectivity index (χ1) is 24.7. The van der Waals surface area contributed by atoms with Gasteiger partial charge in [0.2, 0.25) is 0 Å². The van der Waals surface area contributed by atoms with E-state index in [2.05, 4.69) is 19.8 Å². The zero-order valence-corrected chi connectivity index (χ0v) is 29.6. The molecule has 2 aromatic heterocycles. The summed E-state index contributed by atoms with van der Waals surface area (Å²) >= 11 is 0. The fraction of sp³-hybridized carbons (Fsp3) is 0.538. The summed E-state index contributed by atoms with van der Waals surface area (Å²) in [5.41, 5.74) is 3.64. The second-order valence-corrected chi connectivity index (χ2v) is 15.0. The lowest BCUT2D eigenvalue weighted by Crippen LogP contribution is -2.44. The number of fused-ring (bicyclic) bond motifs is 3. The van der Waals surface area contributed by atoms with Crippen LogP contribution < -0.4 is 14.5 Å². The number of carbonyl (C=O) groups is 1. The predicted octanol–water partition coefficient (Wildman–Crippen LogP) is 6.40. The van der Waals surface area contributed by atoms with Crippen molar-refractivity contribution in [3.63, 3.8) is 0 Å². The van der Waals surface area contributed by atoms with Gasteiger partial charge in [0.15, 0.2) is 0 Å². The summed E-state index contributed by atoms with van der Waals surface area (Å²) in [7, 11) is 0. The number of phenolic OH excluding ortho intramolecular Hbond substituents is 1. The highest BCUT2D eigenvalue weighted by molar-refractivity contribution is 5.98. The molecule has 270 valence electrons. The lowest BCUT2D eigenvalue weighted by molar-refractivity contribution is 0.0808. The van der Waals surface area contributed by atoms with Crippen molar-refractivity contribution in [2.75, 3.05) is 49.1 Å². The van der Waals surface area contributed by atoms with Crippen LogP contribution in [-0.2, 0) is 19.4 Å². The summed E-state index contributed by atoms with van der Waals surface area (Å²) in [5, 5.41) is 16.8. The number of hydrogen-bond acceptors (Lipinski definition) is 9. The van der Waals surface area contributed by atoms with E-state index >= 15 is 4.39 Å². The molecule has 4 aliphatic rings. The smallest absolute Gasteiger partial charge is 0.318 e. The minimum atomic E-state index is -0.869. The summed E-state index contributed by atoms with van der Waals surface area (Å²) < 4.78 is 37.7. The van der Waals surface area contributed by atoms with Gasteiger partial charge >= 0.3 is 6.01 Å². The molecule has 0 spiro atoms. The normalized spacial score (nSPS) is 24.0. The molecular formula is C39H47F2N7O3. The van der Waals surface area contributed by atoms with Crippen LogP contribution in [0.15, 0.2) is 36.5 Å². The van der Waals surface area contributed by atoms with Gasteiger partial charge in [-0.1, -0.05) is 25.8 Å². The maximum Gasteiger partial charge on any atom is 0.318 e. The Morgan fingerprint density at radius 3 is 2.76 bits per heavy atom. The van der Waals surface area contributed by atoms with E-state index in [-0.39, 0.29) is 34.9 Å². The molecule has 0 amide bonds. The Morgan fingerprint density at radius 2 is 1.94 bits per heavy atom. The number of halogens is 2. The zero-order chi connectivity index (χ0) is 35.3. The van der Waals surface area contributed by atoms with Gasteiger partial charge in [-0.05, 0) is 81.1 Å². The van der Waals surface area contributed by atoms with Gasteiger partial charge in [-0.15, -0.1) is 0 Å². The van der Waals surface area contributed by atoms with Crippen LogP contribution in [0.3, 0.4) is 0 Å². The molecule has 1 N–H and O–H groups in total. The van der Waals surface area contributed by atoms with Crippen LogP contribution in [0, 0.1) is 18.7 Å². The van der Waals surface area contributed by atoms with E-state index in [1.165, 1.54) is 10.7 Å². The molecule has 4 aromatic rings. The maximum absolute atomic E-state index is 15.1. The van der Waals surface area contributed by atoms with Crippen LogP contribution in [-0.4, -0.2) is 86.7 Å². The van der Waals surface area contributed by atoms with Gasteiger partial charge in [0.05, 0.1) is 29.4 Å². The number of phenols is 1. The number of alkyl halides is 1. The second kappa shape index (κ2) is 13.7. The van der Waals surface area contributed by atoms with Crippen molar-refractivity contribution < 1.29 is 23.4 Å². The molecular weight excluding hydrogens is 652 g/mol. The highest BCUT2D eigenvalue weighted by atomic mass is 19.1. The summed E-state index contributed by atoms with van der Waals surface area (Å²) in [6.07, 6.45) is 8.06. The van der Waals surface area contributed by atoms with Crippen LogP contribution in [0.2, 0.25) is 0 Å². The van der Waals surface area contributed by atoms with E-state index in [0.717, 1.165) is 90.8 Å². The van der Waals surface area contributed by atoms with Gasteiger partial charge in [-0.2, -0.15) is 15.1 Å². The molecule has 8 rings (SSSR count).